The predicted octanol–water partition coefficient (Wildman–Crippen LogP) is 0.164. The van der Waals surface area contributed by atoms with Crippen molar-refractivity contribution in [2.45, 2.75) is 6.10 Å². The van der Waals surface area contributed by atoms with E-state index in [0.717, 1.165) is 0 Å². The zero-order valence-corrected chi connectivity index (χ0v) is 11.3. The number of aliphatic hydroxyl groups excluding tert-OH is 2. The first-order chi connectivity index (χ1) is 10.1. The second-order valence-electron chi connectivity index (χ2n) is 4.09. The minimum atomic E-state index is -1.34. The quantitative estimate of drug-likeness (QED) is 0.273. The summed E-state index contributed by atoms with van der Waals surface area (Å²) >= 11 is 0. The van der Waals surface area contributed by atoms with Gasteiger partial charge in [0.2, 0.25) is 0 Å². The van der Waals surface area contributed by atoms with Crippen LogP contribution in [0.15, 0.2) is 24.3 Å². The van der Waals surface area contributed by atoms with Crippen molar-refractivity contribution in [1.29, 1.82) is 0 Å². The molecule has 8 nitrogen and oxygen atoms in total. The van der Waals surface area contributed by atoms with E-state index in [9.17, 15) is 20.0 Å². The van der Waals surface area contributed by atoms with Crippen LogP contribution in [0.25, 0.3) is 0 Å². The smallest absolute Gasteiger partial charge is 0.269 e. The Balaban J connectivity index is 2.38. The maximum atomic E-state index is 11.8. The number of non-ortho nitro benzene ring substituents is 1. The number of nitrogens with zero attached hydrogens (tertiary/aromatic N) is 1. The lowest BCUT2D eigenvalue weighted by Gasteiger charge is -2.10. The molecule has 21 heavy (non-hydrogen) atoms. The molecule has 0 saturated carbocycles. The first kappa shape index (κ1) is 17.2. The van der Waals surface area contributed by atoms with E-state index in [0.29, 0.717) is 0 Å². The van der Waals surface area contributed by atoms with Gasteiger partial charge in [-0.2, -0.15) is 0 Å². The van der Waals surface area contributed by atoms with Crippen molar-refractivity contribution >= 4 is 11.5 Å². The molecule has 0 radical (unpaired) electrons. The molecule has 0 saturated heterocycles. The summed E-state index contributed by atoms with van der Waals surface area (Å²) in [6, 6.07) is 4.97. The molecule has 0 amide bonds. The van der Waals surface area contributed by atoms with Crippen LogP contribution >= 0.6 is 0 Å². The molecule has 1 rings (SSSR count). The number of rotatable bonds is 10. The summed E-state index contributed by atoms with van der Waals surface area (Å²) in [6.07, 6.45) is -1.34. The third kappa shape index (κ3) is 5.96. The lowest BCUT2D eigenvalue weighted by Crippen LogP contribution is -2.27. The van der Waals surface area contributed by atoms with Gasteiger partial charge in [0.05, 0.1) is 38.0 Å². The third-order valence-corrected chi connectivity index (χ3v) is 2.55. The van der Waals surface area contributed by atoms with Gasteiger partial charge in [-0.15, -0.1) is 0 Å². The first-order valence-corrected chi connectivity index (χ1v) is 6.29. The van der Waals surface area contributed by atoms with Crippen LogP contribution in [0.3, 0.4) is 0 Å². The van der Waals surface area contributed by atoms with Crippen LogP contribution in [0.2, 0.25) is 0 Å². The van der Waals surface area contributed by atoms with Crippen LogP contribution < -0.4 is 0 Å². The van der Waals surface area contributed by atoms with Crippen molar-refractivity contribution < 1.29 is 29.4 Å². The Hall–Kier alpha value is -1.87. The summed E-state index contributed by atoms with van der Waals surface area (Å²) in [6.45, 7) is 0.358. The molecule has 0 bridgehead atoms. The highest BCUT2D eigenvalue weighted by molar-refractivity contribution is 5.99. The fourth-order valence-corrected chi connectivity index (χ4v) is 1.49. The predicted molar refractivity (Wildman–Crippen MR) is 72.2 cm³/mol. The van der Waals surface area contributed by atoms with Gasteiger partial charge in [0.15, 0.2) is 5.78 Å². The highest BCUT2D eigenvalue weighted by atomic mass is 16.6. The van der Waals surface area contributed by atoms with Crippen molar-refractivity contribution in [2.24, 2.45) is 0 Å². The Bertz CT molecular complexity index is 460. The first-order valence-electron chi connectivity index (χ1n) is 6.29. The average Bonchev–Trinajstić information content (AvgIpc) is 2.49. The van der Waals surface area contributed by atoms with Crippen LogP contribution in [-0.4, -0.2) is 60.1 Å². The number of benzene rings is 1. The van der Waals surface area contributed by atoms with E-state index in [2.05, 4.69) is 0 Å². The van der Waals surface area contributed by atoms with Crippen LogP contribution in [0, 0.1) is 10.1 Å². The Kier molecular flexibility index (Phi) is 7.48. The normalized spacial score (nSPS) is 12.1. The molecule has 116 valence electrons. The standard InChI is InChI=1S/C13H17NO7/c15-5-6-20-7-8-21-9-12(16)13(17)10-1-3-11(4-2-10)14(18)19/h1-4,12,15-16H,5-9H2. The molecule has 0 heterocycles. The molecule has 1 unspecified atom stereocenters. The number of hydrogen-bond donors (Lipinski definition) is 2. The number of hydrogen-bond acceptors (Lipinski definition) is 7. The van der Waals surface area contributed by atoms with Gasteiger partial charge in [0, 0.05) is 17.7 Å². The third-order valence-electron chi connectivity index (χ3n) is 2.55. The summed E-state index contributed by atoms with van der Waals surface area (Å²) in [7, 11) is 0. The van der Waals surface area contributed by atoms with Gasteiger partial charge >= 0.3 is 0 Å². The van der Waals surface area contributed by atoms with Gasteiger partial charge in [-0.05, 0) is 12.1 Å². The molecule has 1 aromatic rings. The van der Waals surface area contributed by atoms with E-state index in [1.165, 1.54) is 24.3 Å². The van der Waals surface area contributed by atoms with Gasteiger partial charge in [-0.3, -0.25) is 14.9 Å². The van der Waals surface area contributed by atoms with Crippen molar-refractivity contribution in [3.63, 3.8) is 0 Å². The summed E-state index contributed by atoms with van der Waals surface area (Å²) in [4.78, 5) is 21.7. The van der Waals surface area contributed by atoms with Gasteiger partial charge in [-0.25, -0.2) is 0 Å². The highest BCUT2D eigenvalue weighted by Gasteiger charge is 2.18. The molecule has 0 aliphatic heterocycles. The van der Waals surface area contributed by atoms with Crippen LogP contribution in [0.4, 0.5) is 5.69 Å². The van der Waals surface area contributed by atoms with Gasteiger partial charge in [0.25, 0.3) is 5.69 Å². The second kappa shape index (κ2) is 9.14. The SMILES string of the molecule is O=C(c1ccc([N+](=O)[O-])cc1)C(O)COCCOCCO. The fraction of sp³-hybridized carbons (Fsp3) is 0.462. The Morgan fingerprint density at radius 1 is 1.19 bits per heavy atom. The van der Waals surface area contributed by atoms with E-state index in [4.69, 9.17) is 14.6 Å². The van der Waals surface area contributed by atoms with E-state index < -0.39 is 16.8 Å². The molecule has 0 fully saturated rings. The monoisotopic (exact) mass is 299 g/mol. The molecule has 0 aliphatic carbocycles. The van der Waals surface area contributed by atoms with Crippen LogP contribution in [-0.2, 0) is 9.47 Å². The Morgan fingerprint density at radius 3 is 2.38 bits per heavy atom. The van der Waals surface area contributed by atoms with Crippen LogP contribution in [0.5, 0.6) is 0 Å². The highest BCUT2D eigenvalue weighted by Crippen LogP contribution is 2.13. The van der Waals surface area contributed by atoms with Gasteiger partial charge < -0.3 is 19.7 Å². The number of carbonyl (C=O) groups is 1. The van der Waals surface area contributed by atoms with Crippen molar-refractivity contribution in [1.82, 2.24) is 0 Å². The minimum absolute atomic E-state index is 0.0821. The van der Waals surface area contributed by atoms with E-state index in [1.807, 2.05) is 0 Å². The van der Waals surface area contributed by atoms with Crippen molar-refractivity contribution in [3.05, 3.63) is 39.9 Å². The Morgan fingerprint density at radius 2 is 1.81 bits per heavy atom. The zero-order chi connectivity index (χ0) is 15.7. The molecular formula is C13H17NO7. The van der Waals surface area contributed by atoms with Gasteiger partial charge in [0.1, 0.15) is 6.10 Å². The second-order valence-corrected chi connectivity index (χ2v) is 4.09. The summed E-state index contributed by atoms with van der Waals surface area (Å²) in [5.41, 5.74) is 0.0477. The molecule has 2 N–H and O–H groups in total. The molecule has 0 aliphatic rings. The number of Topliss-reactive ketones (excluding diaryl/α,β-unsaturated/α-hetero) is 1. The number of nitro benzene ring substituents is 1. The Labute approximate surface area is 121 Å². The maximum absolute atomic E-state index is 11.8. The summed E-state index contributed by atoms with van der Waals surface area (Å²) in [5.74, 6) is -0.568. The van der Waals surface area contributed by atoms with Crippen LogP contribution in [0.1, 0.15) is 10.4 Å². The topological polar surface area (TPSA) is 119 Å². The van der Waals surface area contributed by atoms with E-state index in [-0.39, 0.29) is 44.3 Å². The summed E-state index contributed by atoms with van der Waals surface area (Å²) < 4.78 is 10.0. The maximum Gasteiger partial charge on any atom is 0.269 e. The van der Waals surface area contributed by atoms with Gasteiger partial charge in [-0.1, -0.05) is 0 Å². The fourth-order valence-electron chi connectivity index (χ4n) is 1.49. The lowest BCUT2D eigenvalue weighted by atomic mass is 10.1. The van der Waals surface area contributed by atoms with Crippen molar-refractivity contribution in [3.8, 4) is 0 Å². The molecule has 0 spiro atoms. The molecule has 1 aromatic carbocycles. The average molecular weight is 299 g/mol. The number of carbonyl (C=O) groups excluding carboxylic acids is 1. The van der Waals surface area contributed by atoms with E-state index >= 15 is 0 Å². The number of ether oxygens (including phenoxy) is 2. The largest absolute Gasteiger partial charge is 0.394 e. The molecule has 0 aromatic heterocycles. The molecule has 8 heteroatoms. The number of nitro groups is 1. The lowest BCUT2D eigenvalue weighted by molar-refractivity contribution is -0.384. The summed E-state index contributed by atoms with van der Waals surface area (Å²) in [5, 5.41) is 28.6. The van der Waals surface area contributed by atoms with Crippen molar-refractivity contribution in [2.75, 3.05) is 33.0 Å². The van der Waals surface area contributed by atoms with E-state index in [1.54, 1.807) is 0 Å². The zero-order valence-electron chi connectivity index (χ0n) is 11.3. The number of aliphatic hydroxyl groups is 2. The molecular weight excluding hydrogens is 282 g/mol. The minimum Gasteiger partial charge on any atom is -0.394 e. The molecule has 1 atom stereocenters. The number of ketones is 1.